The van der Waals surface area contributed by atoms with Gasteiger partial charge in [-0.25, -0.2) is 0 Å². The molecule has 1 unspecified atom stereocenters. The van der Waals surface area contributed by atoms with E-state index in [0.717, 1.165) is 11.3 Å². The van der Waals surface area contributed by atoms with Crippen LogP contribution < -0.4 is 4.74 Å². The van der Waals surface area contributed by atoms with Crippen molar-refractivity contribution < 1.29 is 9.53 Å². The van der Waals surface area contributed by atoms with Crippen LogP contribution in [-0.2, 0) is 11.3 Å². The fourth-order valence-electron chi connectivity index (χ4n) is 2.32. The van der Waals surface area contributed by atoms with Crippen LogP contribution in [0.4, 0.5) is 0 Å². The maximum atomic E-state index is 12.2. The average molecular weight is 305 g/mol. The van der Waals surface area contributed by atoms with Gasteiger partial charge >= 0.3 is 0 Å². The van der Waals surface area contributed by atoms with Crippen LogP contribution in [0, 0.1) is 0 Å². The third-order valence-electron chi connectivity index (χ3n) is 3.28. The Morgan fingerprint density at radius 1 is 1.30 bits per heavy atom. The lowest BCUT2D eigenvalue weighted by molar-refractivity contribution is -0.128. The first kappa shape index (κ1) is 13.5. The van der Waals surface area contributed by atoms with Crippen molar-refractivity contribution in [2.75, 3.05) is 12.9 Å². The van der Waals surface area contributed by atoms with E-state index in [-0.39, 0.29) is 11.3 Å². The van der Waals surface area contributed by atoms with E-state index in [1.54, 1.807) is 30.2 Å². The number of carbonyl (C=O) groups is 1. The SMILES string of the molecule is COc1ccccc1C1SCC(=O)N1Cc1cccs1. The van der Waals surface area contributed by atoms with E-state index in [2.05, 4.69) is 6.07 Å². The molecule has 1 saturated heterocycles. The molecule has 0 bridgehead atoms. The fraction of sp³-hybridized carbons (Fsp3) is 0.267. The first-order valence-electron chi connectivity index (χ1n) is 6.36. The molecule has 1 amide bonds. The molecule has 0 spiro atoms. The number of carbonyl (C=O) groups excluding carboxylic acids is 1. The van der Waals surface area contributed by atoms with E-state index in [0.29, 0.717) is 12.3 Å². The predicted octanol–water partition coefficient (Wildman–Crippen LogP) is 3.53. The number of amides is 1. The minimum Gasteiger partial charge on any atom is -0.496 e. The normalized spacial score (nSPS) is 18.6. The van der Waals surface area contributed by atoms with E-state index < -0.39 is 0 Å². The monoisotopic (exact) mass is 305 g/mol. The van der Waals surface area contributed by atoms with Crippen LogP contribution in [0.25, 0.3) is 0 Å². The number of thiophene rings is 1. The molecule has 5 heteroatoms. The molecule has 1 aromatic heterocycles. The molecular formula is C15H15NO2S2. The summed E-state index contributed by atoms with van der Waals surface area (Å²) < 4.78 is 5.43. The molecule has 1 aliphatic heterocycles. The summed E-state index contributed by atoms with van der Waals surface area (Å²) in [6.45, 7) is 0.673. The Balaban J connectivity index is 1.89. The molecule has 104 valence electrons. The van der Waals surface area contributed by atoms with Crippen LogP contribution in [0.15, 0.2) is 41.8 Å². The van der Waals surface area contributed by atoms with Gasteiger partial charge in [-0.05, 0) is 17.5 Å². The Labute approximate surface area is 126 Å². The number of nitrogens with zero attached hydrogens (tertiary/aromatic N) is 1. The second-order valence-electron chi connectivity index (χ2n) is 4.51. The highest BCUT2D eigenvalue weighted by molar-refractivity contribution is 8.00. The van der Waals surface area contributed by atoms with Gasteiger partial charge in [-0.3, -0.25) is 4.79 Å². The number of para-hydroxylation sites is 1. The Hall–Kier alpha value is -1.46. The minimum atomic E-state index is 0.0424. The van der Waals surface area contributed by atoms with Gasteiger partial charge in [-0.2, -0.15) is 0 Å². The standard InChI is InChI=1S/C15H15NO2S2/c1-18-13-7-3-2-6-12(13)15-16(14(17)10-20-15)9-11-5-4-8-19-11/h2-8,15H,9-10H2,1H3. The van der Waals surface area contributed by atoms with Crippen molar-refractivity contribution in [1.82, 2.24) is 4.90 Å². The number of hydrogen-bond donors (Lipinski definition) is 0. The highest BCUT2D eigenvalue weighted by atomic mass is 32.2. The van der Waals surface area contributed by atoms with Crippen LogP contribution in [0.3, 0.4) is 0 Å². The van der Waals surface area contributed by atoms with Gasteiger partial charge in [0.15, 0.2) is 0 Å². The van der Waals surface area contributed by atoms with Crippen molar-refractivity contribution >= 4 is 29.0 Å². The smallest absolute Gasteiger partial charge is 0.234 e. The molecule has 0 saturated carbocycles. The predicted molar refractivity (Wildman–Crippen MR) is 83.1 cm³/mol. The summed E-state index contributed by atoms with van der Waals surface area (Å²) in [6.07, 6.45) is 0. The average Bonchev–Trinajstić information content (AvgIpc) is 3.11. The van der Waals surface area contributed by atoms with E-state index in [1.807, 2.05) is 40.6 Å². The fourth-order valence-corrected chi connectivity index (χ4v) is 4.24. The van der Waals surface area contributed by atoms with Crippen LogP contribution in [0.2, 0.25) is 0 Å². The van der Waals surface area contributed by atoms with Crippen molar-refractivity contribution in [3.05, 3.63) is 52.2 Å². The molecule has 3 nitrogen and oxygen atoms in total. The van der Waals surface area contributed by atoms with Gasteiger partial charge in [0.05, 0.1) is 19.4 Å². The number of rotatable bonds is 4. The van der Waals surface area contributed by atoms with Crippen molar-refractivity contribution in [3.63, 3.8) is 0 Å². The number of methoxy groups -OCH3 is 1. The van der Waals surface area contributed by atoms with Gasteiger partial charge in [0.1, 0.15) is 11.1 Å². The van der Waals surface area contributed by atoms with E-state index in [4.69, 9.17) is 4.74 Å². The van der Waals surface area contributed by atoms with Gasteiger partial charge in [0, 0.05) is 10.4 Å². The molecule has 20 heavy (non-hydrogen) atoms. The third-order valence-corrected chi connectivity index (χ3v) is 5.38. The summed E-state index contributed by atoms with van der Waals surface area (Å²) >= 11 is 3.35. The summed E-state index contributed by atoms with van der Waals surface area (Å²) in [6, 6.07) is 12.0. The summed E-state index contributed by atoms with van der Waals surface area (Å²) in [4.78, 5) is 15.3. The third kappa shape index (κ3) is 2.55. The van der Waals surface area contributed by atoms with Gasteiger partial charge < -0.3 is 9.64 Å². The van der Waals surface area contributed by atoms with Crippen LogP contribution in [0.1, 0.15) is 15.8 Å². The van der Waals surface area contributed by atoms with Crippen LogP contribution in [-0.4, -0.2) is 23.7 Å². The van der Waals surface area contributed by atoms with Gasteiger partial charge in [0.25, 0.3) is 0 Å². The molecule has 1 atom stereocenters. The highest BCUT2D eigenvalue weighted by Gasteiger charge is 2.34. The second kappa shape index (κ2) is 5.89. The summed E-state index contributed by atoms with van der Waals surface area (Å²) in [5.74, 6) is 1.57. The first-order valence-corrected chi connectivity index (χ1v) is 8.29. The van der Waals surface area contributed by atoms with Gasteiger partial charge in [0.2, 0.25) is 5.91 Å². The molecule has 1 aromatic carbocycles. The Morgan fingerprint density at radius 2 is 2.15 bits per heavy atom. The number of thioether (sulfide) groups is 1. The molecule has 0 radical (unpaired) electrons. The lowest BCUT2D eigenvalue weighted by Crippen LogP contribution is -2.27. The summed E-state index contributed by atoms with van der Waals surface area (Å²) in [5, 5.41) is 2.09. The molecule has 3 rings (SSSR count). The first-order chi connectivity index (χ1) is 9.79. The maximum absolute atomic E-state index is 12.2. The van der Waals surface area contributed by atoms with Crippen LogP contribution >= 0.6 is 23.1 Å². The van der Waals surface area contributed by atoms with E-state index >= 15 is 0 Å². The van der Waals surface area contributed by atoms with Crippen molar-refractivity contribution in [2.45, 2.75) is 11.9 Å². The molecule has 0 aliphatic carbocycles. The van der Waals surface area contributed by atoms with Crippen molar-refractivity contribution in [3.8, 4) is 5.75 Å². The molecule has 1 aliphatic rings. The zero-order valence-electron chi connectivity index (χ0n) is 11.1. The Bertz CT molecular complexity index is 598. The topological polar surface area (TPSA) is 29.5 Å². The van der Waals surface area contributed by atoms with Crippen molar-refractivity contribution in [1.29, 1.82) is 0 Å². The zero-order valence-corrected chi connectivity index (χ0v) is 12.7. The molecule has 0 N–H and O–H groups in total. The lowest BCUT2D eigenvalue weighted by Gasteiger charge is -2.25. The molecule has 2 aromatic rings. The van der Waals surface area contributed by atoms with E-state index in [1.165, 1.54) is 4.88 Å². The Morgan fingerprint density at radius 3 is 2.90 bits per heavy atom. The maximum Gasteiger partial charge on any atom is 0.234 e. The quantitative estimate of drug-likeness (QED) is 0.865. The van der Waals surface area contributed by atoms with E-state index in [9.17, 15) is 4.79 Å². The number of ether oxygens (including phenoxy) is 1. The largest absolute Gasteiger partial charge is 0.496 e. The van der Waals surface area contributed by atoms with Crippen molar-refractivity contribution in [2.24, 2.45) is 0 Å². The van der Waals surface area contributed by atoms with Crippen LogP contribution in [0.5, 0.6) is 5.75 Å². The minimum absolute atomic E-state index is 0.0424. The Kier molecular flexibility index (Phi) is 3.98. The van der Waals surface area contributed by atoms with Gasteiger partial charge in [-0.1, -0.05) is 24.3 Å². The zero-order chi connectivity index (χ0) is 13.9. The molecular weight excluding hydrogens is 290 g/mol. The number of benzene rings is 1. The van der Waals surface area contributed by atoms with Gasteiger partial charge in [-0.15, -0.1) is 23.1 Å². The highest BCUT2D eigenvalue weighted by Crippen LogP contribution is 2.43. The second-order valence-corrected chi connectivity index (χ2v) is 6.61. The molecule has 1 fully saturated rings. The summed E-state index contributed by atoms with van der Waals surface area (Å²) in [7, 11) is 1.67. The number of hydrogen-bond acceptors (Lipinski definition) is 4. The molecule has 2 heterocycles. The summed E-state index contributed by atoms with van der Waals surface area (Å²) in [5.41, 5.74) is 1.07. The lowest BCUT2D eigenvalue weighted by atomic mass is 10.2.